The van der Waals surface area contributed by atoms with Gasteiger partial charge in [0.25, 0.3) is 0 Å². The number of nitrogens with zero attached hydrogens (tertiary/aromatic N) is 3. The minimum atomic E-state index is 0.562. The van der Waals surface area contributed by atoms with Crippen molar-refractivity contribution >= 4 is 23.4 Å². The third-order valence-electron chi connectivity index (χ3n) is 3.12. The van der Waals surface area contributed by atoms with E-state index < -0.39 is 0 Å². The molecule has 0 aliphatic rings. The summed E-state index contributed by atoms with van der Waals surface area (Å²) < 4.78 is 0. The molecule has 0 unspecified atom stereocenters. The van der Waals surface area contributed by atoms with Gasteiger partial charge in [-0.1, -0.05) is 48.4 Å². The highest BCUT2D eigenvalue weighted by Crippen LogP contribution is 2.24. The zero-order valence-corrected chi connectivity index (χ0v) is 13.5. The molecule has 0 radical (unpaired) electrons. The molecule has 0 fully saturated rings. The highest BCUT2D eigenvalue weighted by molar-refractivity contribution is 6.32. The van der Waals surface area contributed by atoms with Gasteiger partial charge in [0, 0.05) is 20.1 Å². The first-order chi connectivity index (χ1) is 10.1. The van der Waals surface area contributed by atoms with Crippen molar-refractivity contribution in [3.63, 3.8) is 0 Å². The Kier molecular flexibility index (Phi) is 5.39. The Labute approximate surface area is 131 Å². The van der Waals surface area contributed by atoms with Gasteiger partial charge in [0.05, 0.1) is 6.20 Å². The molecule has 1 heterocycles. The van der Waals surface area contributed by atoms with E-state index in [-0.39, 0.29) is 0 Å². The summed E-state index contributed by atoms with van der Waals surface area (Å²) in [7, 11) is 1.99. The fraction of sp³-hybridized carbons (Fsp3) is 0.375. The molecule has 1 aromatic heterocycles. The van der Waals surface area contributed by atoms with Crippen molar-refractivity contribution in [3.8, 4) is 0 Å². The number of anilines is 2. The highest BCUT2D eigenvalue weighted by atomic mass is 35.5. The van der Waals surface area contributed by atoms with E-state index in [0.717, 1.165) is 25.3 Å². The Balaban J connectivity index is 2.15. The van der Waals surface area contributed by atoms with Crippen LogP contribution in [-0.4, -0.2) is 23.6 Å². The van der Waals surface area contributed by atoms with E-state index in [1.807, 2.05) is 11.9 Å². The average Bonchev–Trinajstić information content (AvgIpc) is 2.46. The van der Waals surface area contributed by atoms with Crippen LogP contribution in [0.4, 0.5) is 11.8 Å². The molecule has 0 amide bonds. The second kappa shape index (κ2) is 7.27. The number of rotatable bonds is 6. The Morgan fingerprint density at radius 2 is 2.14 bits per heavy atom. The van der Waals surface area contributed by atoms with E-state index in [1.165, 1.54) is 11.1 Å². The van der Waals surface area contributed by atoms with Crippen LogP contribution in [0.2, 0.25) is 5.02 Å². The van der Waals surface area contributed by atoms with Crippen LogP contribution in [0.15, 0.2) is 30.5 Å². The summed E-state index contributed by atoms with van der Waals surface area (Å²) in [6.45, 7) is 5.80. The molecule has 0 atom stereocenters. The van der Waals surface area contributed by atoms with Crippen molar-refractivity contribution in [2.24, 2.45) is 0 Å². The monoisotopic (exact) mass is 304 g/mol. The number of hydrogen-bond donors (Lipinski definition) is 1. The fourth-order valence-corrected chi connectivity index (χ4v) is 2.34. The third kappa shape index (κ3) is 4.33. The van der Waals surface area contributed by atoms with Crippen molar-refractivity contribution in [1.29, 1.82) is 0 Å². The molecule has 112 valence electrons. The SMILES string of the molecule is CCCNc1ncc(Cl)c(N(C)Cc2cccc(C)c2)n1. The standard InChI is InChI=1S/C16H21ClN4/c1-4-8-18-16-19-10-14(17)15(20-16)21(3)11-13-7-5-6-12(2)9-13/h5-7,9-10H,4,8,11H2,1-3H3,(H,18,19,20). The molecule has 0 spiro atoms. The normalized spacial score (nSPS) is 10.5. The van der Waals surface area contributed by atoms with Gasteiger partial charge in [0.1, 0.15) is 5.02 Å². The average molecular weight is 305 g/mol. The number of nitrogens with one attached hydrogen (secondary N) is 1. The van der Waals surface area contributed by atoms with E-state index in [2.05, 4.69) is 53.4 Å². The van der Waals surface area contributed by atoms with Crippen LogP contribution < -0.4 is 10.2 Å². The molecule has 0 aliphatic heterocycles. The van der Waals surface area contributed by atoms with E-state index >= 15 is 0 Å². The molecule has 0 aliphatic carbocycles. The summed E-state index contributed by atoms with van der Waals surface area (Å²) in [5, 5.41) is 3.74. The number of aromatic nitrogens is 2. The van der Waals surface area contributed by atoms with Gasteiger partial charge in [-0.25, -0.2) is 4.98 Å². The maximum absolute atomic E-state index is 6.23. The molecule has 0 saturated heterocycles. The molecule has 1 aromatic carbocycles. The minimum Gasteiger partial charge on any atom is -0.354 e. The van der Waals surface area contributed by atoms with Crippen molar-refractivity contribution in [1.82, 2.24) is 9.97 Å². The topological polar surface area (TPSA) is 41.1 Å². The Bertz CT molecular complexity index is 601. The van der Waals surface area contributed by atoms with Gasteiger partial charge < -0.3 is 10.2 Å². The second-order valence-electron chi connectivity index (χ2n) is 5.14. The summed E-state index contributed by atoms with van der Waals surface area (Å²) >= 11 is 6.23. The van der Waals surface area contributed by atoms with Gasteiger partial charge in [0.15, 0.2) is 5.82 Å². The van der Waals surface area contributed by atoms with Crippen LogP contribution in [0.1, 0.15) is 24.5 Å². The minimum absolute atomic E-state index is 0.562. The van der Waals surface area contributed by atoms with Crippen molar-refractivity contribution in [2.75, 3.05) is 23.8 Å². The molecule has 5 heteroatoms. The van der Waals surface area contributed by atoms with E-state index in [9.17, 15) is 0 Å². The van der Waals surface area contributed by atoms with Gasteiger partial charge in [-0.15, -0.1) is 0 Å². The van der Waals surface area contributed by atoms with Crippen molar-refractivity contribution in [2.45, 2.75) is 26.8 Å². The zero-order chi connectivity index (χ0) is 15.2. The molecule has 0 bridgehead atoms. The summed E-state index contributed by atoms with van der Waals surface area (Å²) in [4.78, 5) is 10.7. The van der Waals surface area contributed by atoms with Gasteiger partial charge >= 0.3 is 0 Å². The zero-order valence-electron chi connectivity index (χ0n) is 12.7. The predicted molar refractivity (Wildman–Crippen MR) is 89.1 cm³/mol. The van der Waals surface area contributed by atoms with Crippen LogP contribution in [0.25, 0.3) is 0 Å². The van der Waals surface area contributed by atoms with Gasteiger partial charge in [-0.2, -0.15) is 4.98 Å². The van der Waals surface area contributed by atoms with Gasteiger partial charge in [-0.3, -0.25) is 0 Å². The van der Waals surface area contributed by atoms with Crippen LogP contribution in [0, 0.1) is 6.92 Å². The first-order valence-corrected chi connectivity index (χ1v) is 7.51. The number of benzene rings is 1. The summed E-state index contributed by atoms with van der Waals surface area (Å²) in [5.74, 6) is 1.36. The smallest absolute Gasteiger partial charge is 0.224 e. The fourth-order valence-electron chi connectivity index (χ4n) is 2.11. The number of aryl methyl sites for hydroxylation is 1. The Morgan fingerprint density at radius 1 is 1.33 bits per heavy atom. The van der Waals surface area contributed by atoms with Crippen molar-refractivity contribution in [3.05, 3.63) is 46.6 Å². The van der Waals surface area contributed by atoms with E-state index in [0.29, 0.717) is 11.0 Å². The van der Waals surface area contributed by atoms with Crippen LogP contribution in [0.3, 0.4) is 0 Å². The summed E-state index contributed by atoms with van der Waals surface area (Å²) in [5.41, 5.74) is 2.48. The molecule has 2 rings (SSSR count). The molecule has 2 aromatic rings. The maximum Gasteiger partial charge on any atom is 0.224 e. The number of hydrogen-bond acceptors (Lipinski definition) is 4. The molecule has 21 heavy (non-hydrogen) atoms. The maximum atomic E-state index is 6.23. The molecular formula is C16H21ClN4. The first-order valence-electron chi connectivity index (χ1n) is 7.13. The Hall–Kier alpha value is -1.81. The quantitative estimate of drug-likeness (QED) is 0.879. The number of halogens is 1. The summed E-state index contributed by atoms with van der Waals surface area (Å²) in [6, 6.07) is 8.43. The third-order valence-corrected chi connectivity index (χ3v) is 3.39. The lowest BCUT2D eigenvalue weighted by Gasteiger charge is -2.20. The van der Waals surface area contributed by atoms with Crippen LogP contribution in [0.5, 0.6) is 0 Å². The van der Waals surface area contributed by atoms with Crippen LogP contribution in [-0.2, 0) is 6.54 Å². The Morgan fingerprint density at radius 3 is 2.86 bits per heavy atom. The van der Waals surface area contributed by atoms with Gasteiger partial charge in [0.2, 0.25) is 5.95 Å². The molecule has 1 N–H and O–H groups in total. The second-order valence-corrected chi connectivity index (χ2v) is 5.54. The predicted octanol–water partition coefficient (Wildman–Crippen LogP) is 3.90. The molecule has 0 saturated carbocycles. The summed E-state index contributed by atoms with van der Waals surface area (Å²) in [6.07, 6.45) is 2.68. The lowest BCUT2D eigenvalue weighted by atomic mass is 10.1. The molecule has 4 nitrogen and oxygen atoms in total. The largest absolute Gasteiger partial charge is 0.354 e. The first kappa shape index (κ1) is 15.6. The molecular weight excluding hydrogens is 284 g/mol. The lowest BCUT2D eigenvalue weighted by molar-refractivity contribution is 0.883. The van der Waals surface area contributed by atoms with Gasteiger partial charge in [-0.05, 0) is 18.9 Å². The van der Waals surface area contributed by atoms with Crippen molar-refractivity contribution < 1.29 is 0 Å². The highest BCUT2D eigenvalue weighted by Gasteiger charge is 2.10. The van der Waals surface area contributed by atoms with Crippen LogP contribution >= 0.6 is 11.6 Å². The van der Waals surface area contributed by atoms with E-state index in [4.69, 9.17) is 11.6 Å². The lowest BCUT2D eigenvalue weighted by Crippen LogP contribution is -2.19. The van der Waals surface area contributed by atoms with E-state index in [1.54, 1.807) is 6.20 Å².